The Hall–Kier alpha value is -1.28. The number of hydrogen-bond acceptors (Lipinski definition) is 1. The van der Waals surface area contributed by atoms with Crippen LogP contribution >= 0.6 is 0 Å². The maximum absolute atomic E-state index is 9.18. The van der Waals surface area contributed by atoms with E-state index < -0.39 is 0 Å². The third kappa shape index (κ3) is 1.37. The van der Waals surface area contributed by atoms with Crippen LogP contribution in [0.2, 0.25) is 0 Å². The Labute approximate surface area is 89.1 Å². The quantitative estimate of drug-likeness (QED) is 0.751. The summed E-state index contributed by atoms with van der Waals surface area (Å²) >= 11 is 0. The van der Waals surface area contributed by atoms with Gasteiger partial charge in [-0.1, -0.05) is 18.2 Å². The van der Waals surface area contributed by atoms with Crippen molar-refractivity contribution in [1.82, 2.24) is 4.57 Å². The first-order chi connectivity index (χ1) is 7.38. The minimum Gasteiger partial charge on any atom is -0.396 e. The SMILES string of the molecule is OC[C@@H]1CCn2c(cc3ccccc32)C1. The Morgan fingerprint density at radius 3 is 3.07 bits per heavy atom. The molecule has 0 amide bonds. The number of aliphatic hydroxyl groups is 1. The Morgan fingerprint density at radius 2 is 2.20 bits per heavy atom. The molecule has 2 aromatic rings. The number of nitrogens with zero attached hydrogens (tertiary/aromatic N) is 1. The molecule has 2 heterocycles. The van der Waals surface area contributed by atoms with E-state index in [2.05, 4.69) is 34.9 Å². The lowest BCUT2D eigenvalue weighted by Gasteiger charge is -2.23. The van der Waals surface area contributed by atoms with Gasteiger partial charge in [0.05, 0.1) is 0 Å². The highest BCUT2D eigenvalue weighted by molar-refractivity contribution is 5.81. The number of hydrogen-bond donors (Lipinski definition) is 1. The number of aromatic nitrogens is 1. The number of benzene rings is 1. The first-order valence-electron chi connectivity index (χ1n) is 5.56. The number of aliphatic hydroxyl groups excluding tert-OH is 1. The van der Waals surface area contributed by atoms with E-state index in [1.54, 1.807) is 0 Å². The van der Waals surface area contributed by atoms with E-state index in [1.165, 1.54) is 16.6 Å². The molecule has 0 radical (unpaired) electrons. The molecule has 1 aliphatic heterocycles. The van der Waals surface area contributed by atoms with Gasteiger partial charge in [0, 0.05) is 24.4 Å². The molecule has 1 atom stereocenters. The Balaban J connectivity index is 2.12. The molecule has 0 aliphatic carbocycles. The summed E-state index contributed by atoms with van der Waals surface area (Å²) < 4.78 is 2.39. The van der Waals surface area contributed by atoms with Crippen molar-refractivity contribution < 1.29 is 5.11 Å². The second kappa shape index (κ2) is 3.38. The van der Waals surface area contributed by atoms with Crippen LogP contribution in [0.1, 0.15) is 12.1 Å². The van der Waals surface area contributed by atoms with Crippen LogP contribution in [0, 0.1) is 5.92 Å². The topological polar surface area (TPSA) is 25.2 Å². The third-order valence-corrected chi connectivity index (χ3v) is 3.41. The summed E-state index contributed by atoms with van der Waals surface area (Å²) in [6.45, 7) is 1.37. The monoisotopic (exact) mass is 201 g/mol. The molecule has 0 fully saturated rings. The molecular weight excluding hydrogens is 186 g/mol. The van der Waals surface area contributed by atoms with E-state index >= 15 is 0 Å². The van der Waals surface area contributed by atoms with Crippen molar-refractivity contribution in [3.63, 3.8) is 0 Å². The number of aryl methyl sites for hydroxylation is 1. The minimum atomic E-state index is 0.321. The molecule has 1 aromatic carbocycles. The molecular formula is C13H15NO. The first-order valence-corrected chi connectivity index (χ1v) is 5.56. The predicted molar refractivity (Wildman–Crippen MR) is 60.8 cm³/mol. The van der Waals surface area contributed by atoms with Crippen molar-refractivity contribution in [3.8, 4) is 0 Å². The van der Waals surface area contributed by atoms with Crippen molar-refractivity contribution in [2.45, 2.75) is 19.4 Å². The van der Waals surface area contributed by atoms with Crippen LogP contribution in [0.3, 0.4) is 0 Å². The molecule has 0 unspecified atom stereocenters. The average Bonchev–Trinajstić information content (AvgIpc) is 2.66. The van der Waals surface area contributed by atoms with Gasteiger partial charge in [-0.15, -0.1) is 0 Å². The lowest BCUT2D eigenvalue weighted by atomic mass is 9.97. The van der Waals surface area contributed by atoms with Crippen LogP contribution in [-0.4, -0.2) is 16.3 Å². The minimum absolute atomic E-state index is 0.321. The van der Waals surface area contributed by atoms with Crippen LogP contribution < -0.4 is 0 Å². The number of rotatable bonds is 1. The van der Waals surface area contributed by atoms with Gasteiger partial charge < -0.3 is 9.67 Å². The van der Waals surface area contributed by atoms with Crippen molar-refractivity contribution in [2.24, 2.45) is 5.92 Å². The highest BCUT2D eigenvalue weighted by Crippen LogP contribution is 2.27. The summed E-state index contributed by atoms with van der Waals surface area (Å²) in [6, 6.07) is 10.8. The molecule has 2 heteroatoms. The van der Waals surface area contributed by atoms with E-state index in [9.17, 15) is 5.11 Å². The van der Waals surface area contributed by atoms with E-state index in [0.717, 1.165) is 19.4 Å². The van der Waals surface area contributed by atoms with Crippen molar-refractivity contribution >= 4 is 10.9 Å². The van der Waals surface area contributed by atoms with Crippen LogP contribution in [0.4, 0.5) is 0 Å². The summed E-state index contributed by atoms with van der Waals surface area (Å²) in [5.41, 5.74) is 2.71. The molecule has 15 heavy (non-hydrogen) atoms. The zero-order valence-electron chi connectivity index (χ0n) is 8.69. The highest BCUT2D eigenvalue weighted by atomic mass is 16.3. The van der Waals surface area contributed by atoms with Gasteiger partial charge in [-0.3, -0.25) is 0 Å². The van der Waals surface area contributed by atoms with E-state index in [4.69, 9.17) is 0 Å². The molecule has 1 aliphatic rings. The van der Waals surface area contributed by atoms with Crippen LogP contribution in [0.15, 0.2) is 30.3 Å². The third-order valence-electron chi connectivity index (χ3n) is 3.41. The molecule has 0 saturated carbocycles. The van der Waals surface area contributed by atoms with Crippen LogP contribution in [-0.2, 0) is 13.0 Å². The zero-order valence-corrected chi connectivity index (χ0v) is 8.69. The van der Waals surface area contributed by atoms with E-state index in [1.807, 2.05) is 0 Å². The molecule has 1 N–H and O–H groups in total. The molecule has 3 rings (SSSR count). The fourth-order valence-corrected chi connectivity index (χ4v) is 2.57. The van der Waals surface area contributed by atoms with E-state index in [0.29, 0.717) is 12.5 Å². The Morgan fingerprint density at radius 1 is 1.33 bits per heavy atom. The maximum atomic E-state index is 9.18. The standard InChI is InChI=1S/C13H15NO/c15-9-10-5-6-14-12(7-10)8-11-3-1-2-4-13(11)14/h1-4,8,10,15H,5-7,9H2/t10-/m1/s1. The highest BCUT2D eigenvalue weighted by Gasteiger charge is 2.19. The van der Waals surface area contributed by atoms with Gasteiger partial charge >= 0.3 is 0 Å². The van der Waals surface area contributed by atoms with E-state index in [-0.39, 0.29) is 0 Å². The summed E-state index contributed by atoms with van der Waals surface area (Å²) in [5.74, 6) is 0.460. The Kier molecular flexibility index (Phi) is 2.03. The normalized spacial score (nSPS) is 20.5. The maximum Gasteiger partial charge on any atom is 0.0482 e. The van der Waals surface area contributed by atoms with Crippen LogP contribution in [0.25, 0.3) is 10.9 Å². The summed E-state index contributed by atoms with van der Waals surface area (Å²) in [7, 11) is 0. The summed E-state index contributed by atoms with van der Waals surface area (Å²) in [4.78, 5) is 0. The van der Waals surface area contributed by atoms with Crippen molar-refractivity contribution in [2.75, 3.05) is 6.61 Å². The largest absolute Gasteiger partial charge is 0.396 e. The predicted octanol–water partition coefficient (Wildman–Crippen LogP) is 2.20. The lowest BCUT2D eigenvalue weighted by molar-refractivity contribution is 0.202. The van der Waals surface area contributed by atoms with Gasteiger partial charge in [0.15, 0.2) is 0 Å². The molecule has 78 valence electrons. The van der Waals surface area contributed by atoms with Gasteiger partial charge in [0.1, 0.15) is 0 Å². The molecule has 2 nitrogen and oxygen atoms in total. The summed E-state index contributed by atoms with van der Waals surface area (Å²) in [5, 5.41) is 10.5. The second-order valence-corrected chi connectivity index (χ2v) is 4.39. The number of fused-ring (bicyclic) bond motifs is 3. The smallest absolute Gasteiger partial charge is 0.0482 e. The number of para-hydroxylation sites is 1. The van der Waals surface area contributed by atoms with Gasteiger partial charge in [0.2, 0.25) is 0 Å². The molecule has 0 spiro atoms. The van der Waals surface area contributed by atoms with Crippen molar-refractivity contribution in [1.29, 1.82) is 0 Å². The lowest BCUT2D eigenvalue weighted by Crippen LogP contribution is -2.21. The van der Waals surface area contributed by atoms with Crippen LogP contribution in [0.5, 0.6) is 0 Å². The second-order valence-electron chi connectivity index (χ2n) is 4.39. The molecule has 0 bridgehead atoms. The van der Waals surface area contributed by atoms with Gasteiger partial charge in [-0.05, 0) is 36.3 Å². The van der Waals surface area contributed by atoms with Gasteiger partial charge in [-0.25, -0.2) is 0 Å². The van der Waals surface area contributed by atoms with Crippen molar-refractivity contribution in [3.05, 3.63) is 36.0 Å². The fourth-order valence-electron chi connectivity index (χ4n) is 2.57. The fraction of sp³-hybridized carbons (Fsp3) is 0.385. The summed E-state index contributed by atoms with van der Waals surface area (Å²) in [6.07, 6.45) is 2.12. The molecule has 1 aromatic heterocycles. The first kappa shape index (κ1) is 8.98. The Bertz CT molecular complexity index is 486. The average molecular weight is 201 g/mol. The molecule has 0 saturated heterocycles. The van der Waals surface area contributed by atoms with Gasteiger partial charge in [0.25, 0.3) is 0 Å². The zero-order chi connectivity index (χ0) is 10.3. The van der Waals surface area contributed by atoms with Gasteiger partial charge in [-0.2, -0.15) is 0 Å².